The Balaban J connectivity index is 2.24. The van der Waals surface area contributed by atoms with Crippen LogP contribution in [0.3, 0.4) is 0 Å². The summed E-state index contributed by atoms with van der Waals surface area (Å²) in [4.78, 5) is 29.1. The van der Waals surface area contributed by atoms with E-state index in [4.69, 9.17) is 4.74 Å². The van der Waals surface area contributed by atoms with E-state index < -0.39 is 0 Å². The van der Waals surface area contributed by atoms with Gasteiger partial charge in [-0.3, -0.25) is 9.59 Å². The van der Waals surface area contributed by atoms with Crippen molar-refractivity contribution in [3.05, 3.63) is 52.3 Å². The molecule has 1 unspecified atom stereocenters. The molecule has 1 aromatic carbocycles. The maximum Gasteiger partial charge on any atom is 0.255 e. The number of hydrogen-bond acceptors (Lipinski definition) is 4. The Bertz CT molecular complexity index is 824. The molecule has 2 N–H and O–H groups in total. The largest absolute Gasteiger partial charge is 0.493 e. The molecule has 0 fully saturated rings. The van der Waals surface area contributed by atoms with Gasteiger partial charge >= 0.3 is 0 Å². The van der Waals surface area contributed by atoms with Crippen LogP contribution in [0.25, 0.3) is 0 Å². The molecule has 0 aliphatic carbocycles. The number of aromatic nitrogens is 1. The van der Waals surface area contributed by atoms with Crippen molar-refractivity contribution in [2.45, 2.75) is 33.7 Å². The van der Waals surface area contributed by atoms with Crippen molar-refractivity contribution in [1.82, 2.24) is 10.3 Å². The monoisotopic (exact) mass is 433 g/mol. The van der Waals surface area contributed by atoms with Crippen LogP contribution in [0.4, 0.5) is 5.69 Å². The number of ether oxygens (including phenoxy) is 1. The summed E-state index contributed by atoms with van der Waals surface area (Å²) >= 11 is 3.33. The quantitative estimate of drug-likeness (QED) is 0.636. The van der Waals surface area contributed by atoms with Gasteiger partial charge in [-0.2, -0.15) is 0 Å². The molecule has 2 amide bonds. The van der Waals surface area contributed by atoms with Crippen LogP contribution in [0, 0.1) is 5.92 Å². The summed E-state index contributed by atoms with van der Waals surface area (Å²) in [5.74, 6) is -0.103. The highest BCUT2D eigenvalue weighted by Crippen LogP contribution is 2.24. The van der Waals surface area contributed by atoms with Crippen LogP contribution in [-0.2, 0) is 4.79 Å². The van der Waals surface area contributed by atoms with Crippen molar-refractivity contribution in [3.8, 4) is 5.75 Å². The summed E-state index contributed by atoms with van der Waals surface area (Å²) < 4.78 is 6.28. The first-order valence-electron chi connectivity index (χ1n) is 8.82. The third-order valence-corrected chi connectivity index (χ3v) is 4.29. The Hall–Kier alpha value is -2.41. The van der Waals surface area contributed by atoms with Gasteiger partial charge in [-0.25, -0.2) is 4.98 Å². The van der Waals surface area contributed by atoms with Crippen molar-refractivity contribution in [3.63, 3.8) is 0 Å². The molecule has 0 spiro atoms. The van der Waals surface area contributed by atoms with Gasteiger partial charge in [-0.1, -0.05) is 19.9 Å². The van der Waals surface area contributed by atoms with Gasteiger partial charge in [0.15, 0.2) is 0 Å². The number of halogens is 1. The van der Waals surface area contributed by atoms with Gasteiger partial charge in [0.1, 0.15) is 10.4 Å². The van der Waals surface area contributed by atoms with E-state index in [2.05, 4.69) is 31.5 Å². The van der Waals surface area contributed by atoms with Crippen molar-refractivity contribution >= 4 is 33.4 Å². The summed E-state index contributed by atoms with van der Waals surface area (Å²) in [6.07, 6.45) is 0. The molecule has 0 aliphatic rings. The Morgan fingerprint density at radius 3 is 2.56 bits per heavy atom. The molecule has 0 bridgehead atoms. The highest BCUT2D eigenvalue weighted by Gasteiger charge is 2.18. The number of rotatable bonds is 7. The molecule has 2 rings (SSSR count). The molecule has 27 heavy (non-hydrogen) atoms. The number of carbonyl (C=O) groups excluding carboxylic acids is 2. The highest BCUT2D eigenvalue weighted by molar-refractivity contribution is 9.10. The molecule has 0 radical (unpaired) electrons. The fourth-order valence-corrected chi connectivity index (χ4v) is 2.72. The number of nitrogens with one attached hydrogen (secondary N) is 2. The number of anilines is 1. The number of nitrogens with zero attached hydrogens (tertiary/aromatic N) is 1. The van der Waals surface area contributed by atoms with Gasteiger partial charge in [0, 0.05) is 11.6 Å². The summed E-state index contributed by atoms with van der Waals surface area (Å²) in [5.41, 5.74) is 1.65. The lowest BCUT2D eigenvalue weighted by Gasteiger charge is -2.17. The number of amides is 2. The summed E-state index contributed by atoms with van der Waals surface area (Å²) in [5, 5.41) is 5.73. The Morgan fingerprint density at radius 1 is 1.19 bits per heavy atom. The summed E-state index contributed by atoms with van der Waals surface area (Å²) in [7, 11) is 0. The predicted molar refractivity (Wildman–Crippen MR) is 109 cm³/mol. The third kappa shape index (κ3) is 5.79. The molecule has 6 nitrogen and oxygen atoms in total. The molecule has 1 aromatic heterocycles. The summed E-state index contributed by atoms with van der Waals surface area (Å²) in [6.45, 7) is 7.76. The number of pyridine rings is 1. The lowest BCUT2D eigenvalue weighted by molar-refractivity contribution is -0.118. The van der Waals surface area contributed by atoms with Gasteiger partial charge in [-0.05, 0) is 60.1 Å². The van der Waals surface area contributed by atoms with E-state index in [1.54, 1.807) is 18.2 Å². The lowest BCUT2D eigenvalue weighted by atomic mass is 10.1. The van der Waals surface area contributed by atoms with Crippen molar-refractivity contribution < 1.29 is 14.3 Å². The average molecular weight is 434 g/mol. The van der Waals surface area contributed by atoms with E-state index in [-0.39, 0.29) is 23.8 Å². The zero-order valence-electron chi connectivity index (χ0n) is 15.9. The SMILES string of the molecule is CCOc1ccc(NC(=O)C(C)C)cc1C(=O)NC(C)c1cccc(Br)n1. The normalized spacial score (nSPS) is 11.8. The molecule has 1 atom stereocenters. The smallest absolute Gasteiger partial charge is 0.255 e. The highest BCUT2D eigenvalue weighted by atomic mass is 79.9. The molecule has 144 valence electrons. The van der Waals surface area contributed by atoms with E-state index in [1.165, 1.54) is 0 Å². The van der Waals surface area contributed by atoms with Crippen LogP contribution in [0.2, 0.25) is 0 Å². The van der Waals surface area contributed by atoms with Gasteiger partial charge in [-0.15, -0.1) is 0 Å². The molecular weight excluding hydrogens is 410 g/mol. The molecule has 0 saturated heterocycles. The minimum atomic E-state index is -0.298. The van der Waals surface area contributed by atoms with Crippen LogP contribution in [0.1, 0.15) is 49.8 Å². The van der Waals surface area contributed by atoms with Gasteiger partial charge < -0.3 is 15.4 Å². The molecule has 0 saturated carbocycles. The first kappa shape index (κ1) is 20.9. The number of hydrogen-bond donors (Lipinski definition) is 2. The Morgan fingerprint density at radius 2 is 1.93 bits per heavy atom. The van der Waals surface area contributed by atoms with E-state index in [9.17, 15) is 9.59 Å². The van der Waals surface area contributed by atoms with E-state index in [1.807, 2.05) is 45.9 Å². The maximum atomic E-state index is 12.8. The lowest BCUT2D eigenvalue weighted by Crippen LogP contribution is -2.28. The molecule has 0 aliphatic heterocycles. The van der Waals surface area contributed by atoms with Gasteiger partial charge in [0.2, 0.25) is 5.91 Å². The van der Waals surface area contributed by atoms with Crippen LogP contribution in [-0.4, -0.2) is 23.4 Å². The molecule has 2 aromatic rings. The van der Waals surface area contributed by atoms with Crippen molar-refractivity contribution in [2.24, 2.45) is 5.92 Å². The van der Waals surface area contributed by atoms with E-state index in [0.717, 1.165) is 5.69 Å². The second-order valence-corrected chi connectivity index (χ2v) is 7.18. The minimum Gasteiger partial charge on any atom is -0.493 e. The average Bonchev–Trinajstić information content (AvgIpc) is 2.62. The second-order valence-electron chi connectivity index (χ2n) is 6.37. The van der Waals surface area contributed by atoms with Crippen LogP contribution in [0.5, 0.6) is 5.75 Å². The first-order chi connectivity index (χ1) is 12.8. The van der Waals surface area contributed by atoms with Crippen molar-refractivity contribution in [2.75, 3.05) is 11.9 Å². The maximum absolute atomic E-state index is 12.8. The fraction of sp³-hybridized carbons (Fsp3) is 0.350. The first-order valence-corrected chi connectivity index (χ1v) is 9.62. The predicted octanol–water partition coefficient (Wildman–Crippen LogP) is 4.33. The van der Waals surface area contributed by atoms with Gasteiger partial charge in [0.05, 0.1) is 23.9 Å². The fourth-order valence-electron chi connectivity index (χ4n) is 2.37. The van der Waals surface area contributed by atoms with Crippen LogP contribution >= 0.6 is 15.9 Å². The molecule has 1 heterocycles. The van der Waals surface area contributed by atoms with Crippen LogP contribution < -0.4 is 15.4 Å². The minimum absolute atomic E-state index is 0.114. The van der Waals surface area contributed by atoms with Gasteiger partial charge in [0.25, 0.3) is 5.91 Å². The Kier molecular flexibility index (Phi) is 7.36. The van der Waals surface area contributed by atoms with E-state index >= 15 is 0 Å². The Labute approximate surface area is 167 Å². The number of benzene rings is 1. The zero-order chi connectivity index (χ0) is 20.0. The molecular formula is C20H24BrN3O3. The summed E-state index contributed by atoms with van der Waals surface area (Å²) in [6, 6.07) is 10.3. The van der Waals surface area contributed by atoms with Crippen LogP contribution in [0.15, 0.2) is 41.0 Å². The van der Waals surface area contributed by atoms with E-state index in [0.29, 0.717) is 28.2 Å². The zero-order valence-corrected chi connectivity index (χ0v) is 17.5. The second kappa shape index (κ2) is 9.50. The van der Waals surface area contributed by atoms with Crippen molar-refractivity contribution in [1.29, 1.82) is 0 Å². The number of carbonyl (C=O) groups is 2. The standard InChI is InChI=1S/C20H24BrN3O3/c1-5-27-17-10-9-14(23-19(25)12(2)3)11-15(17)20(26)22-13(4)16-7-6-8-18(21)24-16/h6-13H,5H2,1-4H3,(H,22,26)(H,23,25). The topological polar surface area (TPSA) is 80.3 Å². The third-order valence-electron chi connectivity index (χ3n) is 3.84. The molecule has 7 heteroatoms.